The van der Waals surface area contributed by atoms with Gasteiger partial charge in [0, 0.05) is 11.6 Å². The molecule has 1 aliphatic carbocycles. The molecule has 2 fully saturated rings. The third kappa shape index (κ3) is 2.40. The second kappa shape index (κ2) is 4.77. The summed E-state index contributed by atoms with van der Waals surface area (Å²) in [5.74, 6) is 0.210. The number of nitrogens with one attached hydrogen (secondary N) is 1. The fraction of sp³-hybridized carbons (Fsp3) is 0.467. The lowest BCUT2D eigenvalue weighted by Gasteiger charge is -2.40. The van der Waals surface area contributed by atoms with Crippen LogP contribution in [0.2, 0.25) is 5.02 Å². The molecule has 1 unspecified atom stereocenters. The molecule has 2 aliphatic rings. The highest BCUT2D eigenvalue weighted by molar-refractivity contribution is 6.30. The minimum atomic E-state index is -0.728. The number of nitrogens with zero attached hydrogens (tertiary/aromatic N) is 1. The molecule has 0 aromatic heterocycles. The summed E-state index contributed by atoms with van der Waals surface area (Å²) in [6, 6.07) is 7.40. The van der Waals surface area contributed by atoms with Gasteiger partial charge in [-0.05, 0) is 43.4 Å². The Morgan fingerprint density at radius 3 is 2.80 bits per heavy atom. The molecule has 1 saturated heterocycles. The summed E-state index contributed by atoms with van der Waals surface area (Å²) >= 11 is 5.96. The highest BCUT2D eigenvalue weighted by Crippen LogP contribution is 2.41. The molecule has 3 rings (SSSR count). The van der Waals surface area contributed by atoms with Crippen LogP contribution in [-0.2, 0) is 16.1 Å². The van der Waals surface area contributed by atoms with E-state index in [0.29, 0.717) is 11.6 Å². The van der Waals surface area contributed by atoms with E-state index in [2.05, 4.69) is 5.32 Å². The average Bonchev–Trinajstić information content (AvgIpc) is 3.20. The predicted octanol–water partition coefficient (Wildman–Crippen LogP) is 1.97. The second-order valence-corrected chi connectivity index (χ2v) is 6.25. The van der Waals surface area contributed by atoms with Crippen LogP contribution in [0.25, 0.3) is 0 Å². The summed E-state index contributed by atoms with van der Waals surface area (Å²) < 4.78 is 0. The van der Waals surface area contributed by atoms with Crippen LogP contribution in [0, 0.1) is 5.92 Å². The summed E-state index contributed by atoms with van der Waals surface area (Å²) in [4.78, 5) is 26.2. The second-order valence-electron chi connectivity index (χ2n) is 5.82. The van der Waals surface area contributed by atoms with Crippen LogP contribution in [0.3, 0.4) is 0 Å². The van der Waals surface area contributed by atoms with Crippen molar-refractivity contribution in [1.29, 1.82) is 0 Å². The van der Waals surface area contributed by atoms with E-state index in [1.165, 1.54) is 0 Å². The number of rotatable bonds is 3. The number of halogens is 1. The van der Waals surface area contributed by atoms with Gasteiger partial charge in [-0.25, -0.2) is 0 Å². The summed E-state index contributed by atoms with van der Waals surface area (Å²) in [5, 5.41) is 3.52. The van der Waals surface area contributed by atoms with E-state index >= 15 is 0 Å². The van der Waals surface area contributed by atoms with E-state index in [4.69, 9.17) is 11.6 Å². The first-order valence-electron chi connectivity index (χ1n) is 6.84. The van der Waals surface area contributed by atoms with Crippen LogP contribution in [0.5, 0.6) is 0 Å². The van der Waals surface area contributed by atoms with Crippen molar-refractivity contribution in [1.82, 2.24) is 10.2 Å². The van der Waals surface area contributed by atoms with Crippen molar-refractivity contribution in [3.05, 3.63) is 34.9 Å². The lowest BCUT2D eigenvalue weighted by atomic mass is 9.91. The van der Waals surface area contributed by atoms with Crippen LogP contribution in [-0.4, -0.2) is 28.8 Å². The molecule has 1 heterocycles. The molecule has 0 bridgehead atoms. The quantitative estimate of drug-likeness (QED) is 0.926. The fourth-order valence-electron chi connectivity index (χ4n) is 2.88. The van der Waals surface area contributed by atoms with Gasteiger partial charge in [-0.2, -0.15) is 0 Å². The van der Waals surface area contributed by atoms with Gasteiger partial charge in [0.05, 0.1) is 6.54 Å². The van der Waals surface area contributed by atoms with E-state index in [9.17, 15) is 9.59 Å². The Labute approximate surface area is 123 Å². The number of piperazine rings is 1. The van der Waals surface area contributed by atoms with Crippen molar-refractivity contribution in [2.24, 2.45) is 5.92 Å². The third-order valence-electron chi connectivity index (χ3n) is 4.12. The Balaban J connectivity index is 1.81. The first-order valence-corrected chi connectivity index (χ1v) is 7.21. The lowest BCUT2D eigenvalue weighted by molar-refractivity contribution is -0.150. The van der Waals surface area contributed by atoms with E-state index in [-0.39, 0.29) is 24.3 Å². The summed E-state index contributed by atoms with van der Waals surface area (Å²) in [5.41, 5.74) is 0.215. The fourth-order valence-corrected chi connectivity index (χ4v) is 3.09. The van der Waals surface area contributed by atoms with Gasteiger partial charge in [0.2, 0.25) is 11.8 Å². The largest absolute Gasteiger partial charge is 0.340 e. The maximum absolute atomic E-state index is 12.6. The maximum Gasteiger partial charge on any atom is 0.249 e. The topological polar surface area (TPSA) is 49.4 Å². The molecule has 1 saturated carbocycles. The monoisotopic (exact) mass is 292 g/mol. The van der Waals surface area contributed by atoms with Gasteiger partial charge in [-0.15, -0.1) is 0 Å². The molecule has 106 valence electrons. The Hall–Kier alpha value is -1.55. The standard InChI is InChI=1S/C15H17ClN2O2/c1-15(11-5-6-11)14(20)18(9-13(19)17-15)8-10-3-2-4-12(16)7-10/h2-4,7,11H,5-6,8-9H2,1H3,(H,17,19). The molecule has 20 heavy (non-hydrogen) atoms. The number of benzene rings is 1. The zero-order chi connectivity index (χ0) is 14.3. The van der Waals surface area contributed by atoms with Crippen molar-refractivity contribution in [2.45, 2.75) is 31.8 Å². The Morgan fingerprint density at radius 1 is 1.40 bits per heavy atom. The van der Waals surface area contributed by atoms with E-state index in [1.54, 1.807) is 11.0 Å². The molecule has 1 atom stereocenters. The molecular formula is C15H17ClN2O2. The SMILES string of the molecule is CC1(C2CC2)NC(=O)CN(Cc2cccc(Cl)c2)C1=O. The molecule has 2 amide bonds. The summed E-state index contributed by atoms with van der Waals surface area (Å²) in [6.45, 7) is 2.39. The first-order chi connectivity index (χ1) is 9.49. The van der Waals surface area contributed by atoms with Crippen LogP contribution in [0.1, 0.15) is 25.3 Å². The number of hydrogen-bond donors (Lipinski definition) is 1. The van der Waals surface area contributed by atoms with Crippen LogP contribution < -0.4 is 5.32 Å². The van der Waals surface area contributed by atoms with Crippen molar-refractivity contribution in [3.8, 4) is 0 Å². The Kier molecular flexibility index (Phi) is 3.21. The molecule has 5 heteroatoms. The molecular weight excluding hydrogens is 276 g/mol. The average molecular weight is 293 g/mol. The van der Waals surface area contributed by atoms with Crippen molar-refractivity contribution >= 4 is 23.4 Å². The zero-order valence-electron chi connectivity index (χ0n) is 11.4. The molecule has 1 aromatic carbocycles. The molecule has 0 spiro atoms. The summed E-state index contributed by atoms with van der Waals surface area (Å²) in [6.07, 6.45) is 2.01. The van der Waals surface area contributed by atoms with Gasteiger partial charge in [-0.1, -0.05) is 23.7 Å². The normalized spacial score (nSPS) is 26.6. The van der Waals surface area contributed by atoms with Crippen LogP contribution >= 0.6 is 11.6 Å². The van der Waals surface area contributed by atoms with Crippen molar-refractivity contribution in [2.75, 3.05) is 6.54 Å². The molecule has 4 nitrogen and oxygen atoms in total. The predicted molar refractivity (Wildman–Crippen MR) is 76.1 cm³/mol. The molecule has 1 aromatic rings. The van der Waals surface area contributed by atoms with E-state index < -0.39 is 5.54 Å². The van der Waals surface area contributed by atoms with Gasteiger partial charge < -0.3 is 10.2 Å². The number of hydrogen-bond acceptors (Lipinski definition) is 2. The van der Waals surface area contributed by atoms with Crippen molar-refractivity contribution < 1.29 is 9.59 Å². The Morgan fingerprint density at radius 2 is 2.15 bits per heavy atom. The molecule has 1 aliphatic heterocycles. The summed E-state index contributed by atoms with van der Waals surface area (Å²) in [7, 11) is 0. The van der Waals surface area contributed by atoms with Gasteiger partial charge in [-0.3, -0.25) is 9.59 Å². The van der Waals surface area contributed by atoms with E-state index in [0.717, 1.165) is 18.4 Å². The third-order valence-corrected chi connectivity index (χ3v) is 4.36. The maximum atomic E-state index is 12.6. The Bertz CT molecular complexity index is 571. The van der Waals surface area contributed by atoms with Crippen LogP contribution in [0.15, 0.2) is 24.3 Å². The van der Waals surface area contributed by atoms with E-state index in [1.807, 2.05) is 25.1 Å². The number of carbonyl (C=O) groups excluding carboxylic acids is 2. The zero-order valence-corrected chi connectivity index (χ0v) is 12.1. The minimum Gasteiger partial charge on any atom is -0.340 e. The van der Waals surface area contributed by atoms with Crippen LogP contribution in [0.4, 0.5) is 0 Å². The van der Waals surface area contributed by atoms with Gasteiger partial charge >= 0.3 is 0 Å². The first kappa shape index (κ1) is 13.4. The lowest BCUT2D eigenvalue weighted by Crippen LogP contribution is -2.66. The highest BCUT2D eigenvalue weighted by Gasteiger charge is 2.52. The van der Waals surface area contributed by atoms with Gasteiger partial charge in [0.15, 0.2) is 0 Å². The minimum absolute atomic E-state index is 0.0135. The number of carbonyl (C=O) groups is 2. The molecule has 0 radical (unpaired) electrons. The highest BCUT2D eigenvalue weighted by atomic mass is 35.5. The smallest absolute Gasteiger partial charge is 0.249 e. The molecule has 1 N–H and O–H groups in total. The van der Waals surface area contributed by atoms with Crippen molar-refractivity contribution in [3.63, 3.8) is 0 Å². The van der Waals surface area contributed by atoms with Gasteiger partial charge in [0.25, 0.3) is 0 Å². The van der Waals surface area contributed by atoms with Gasteiger partial charge in [0.1, 0.15) is 5.54 Å². The number of amides is 2.